The summed E-state index contributed by atoms with van der Waals surface area (Å²) in [4.78, 5) is 0.145. The number of rotatable bonds is 2. The highest BCUT2D eigenvalue weighted by Crippen LogP contribution is 2.43. The Morgan fingerprint density at radius 1 is 1.10 bits per heavy atom. The minimum absolute atomic E-state index is 0.0760. The molecule has 1 aliphatic rings. The van der Waals surface area contributed by atoms with Crippen LogP contribution in [0, 0.1) is 0 Å². The average Bonchev–Trinajstić information content (AvgIpc) is 2.76. The summed E-state index contributed by atoms with van der Waals surface area (Å²) in [6, 6.07) is 12.7. The first-order valence-electron chi connectivity index (χ1n) is 6.75. The summed E-state index contributed by atoms with van der Waals surface area (Å²) in [6.45, 7) is 5.20. The Bertz CT molecular complexity index is 694. The summed E-state index contributed by atoms with van der Waals surface area (Å²) >= 11 is 11.0. The number of hydrogen-bond donors (Lipinski definition) is 0. The highest BCUT2D eigenvalue weighted by atomic mass is 79.9. The predicted octanol–water partition coefficient (Wildman–Crippen LogP) is 6.37. The number of hydrogen-bond acceptors (Lipinski definition) is 1. The predicted molar refractivity (Wildman–Crippen MR) is 97.6 cm³/mol. The fourth-order valence-electron chi connectivity index (χ4n) is 2.58. The van der Waals surface area contributed by atoms with Crippen LogP contribution in [-0.4, -0.2) is 6.61 Å². The third-order valence-electron chi connectivity index (χ3n) is 3.85. The quantitative estimate of drug-likeness (QED) is 0.460. The molecule has 0 aliphatic carbocycles. The van der Waals surface area contributed by atoms with E-state index in [0.29, 0.717) is 0 Å². The average molecular weight is 475 g/mol. The Hall–Kier alpha value is -0.320. The summed E-state index contributed by atoms with van der Waals surface area (Å²) in [7, 11) is 0. The fourth-order valence-corrected chi connectivity index (χ4v) is 4.41. The van der Waals surface area contributed by atoms with Crippen molar-refractivity contribution in [2.45, 2.75) is 24.1 Å². The molecule has 0 saturated carbocycles. The molecule has 1 atom stereocenters. The molecule has 21 heavy (non-hydrogen) atoms. The van der Waals surface area contributed by atoms with E-state index in [2.05, 4.69) is 92.0 Å². The molecule has 0 aromatic heterocycles. The lowest BCUT2D eigenvalue weighted by molar-refractivity contribution is 0.291. The number of alkyl halides is 1. The van der Waals surface area contributed by atoms with Crippen molar-refractivity contribution in [1.82, 2.24) is 0 Å². The van der Waals surface area contributed by atoms with E-state index in [9.17, 15) is 0 Å². The SMILES string of the molecule is CC1(C)COc2ccc(C(Br)c3cc(Br)ccc3Br)cc21. The summed E-state index contributed by atoms with van der Waals surface area (Å²) < 4.78 is 7.94. The van der Waals surface area contributed by atoms with E-state index in [-0.39, 0.29) is 10.2 Å². The molecule has 1 unspecified atom stereocenters. The van der Waals surface area contributed by atoms with E-state index in [1.54, 1.807) is 0 Å². The van der Waals surface area contributed by atoms with Crippen LogP contribution in [0.2, 0.25) is 0 Å². The van der Waals surface area contributed by atoms with Crippen molar-refractivity contribution in [3.63, 3.8) is 0 Å². The molecule has 110 valence electrons. The van der Waals surface area contributed by atoms with Gasteiger partial charge in [-0.25, -0.2) is 0 Å². The summed E-state index contributed by atoms with van der Waals surface area (Å²) in [5.41, 5.74) is 3.81. The van der Waals surface area contributed by atoms with Crippen molar-refractivity contribution < 1.29 is 4.74 Å². The van der Waals surface area contributed by atoms with Gasteiger partial charge >= 0.3 is 0 Å². The molecule has 1 heterocycles. The lowest BCUT2D eigenvalue weighted by Crippen LogP contribution is -2.18. The third-order valence-corrected chi connectivity index (χ3v) is 6.08. The molecule has 0 saturated heterocycles. The molecule has 2 aromatic rings. The van der Waals surface area contributed by atoms with Gasteiger partial charge in [0.25, 0.3) is 0 Å². The molecular weight excluding hydrogens is 460 g/mol. The number of fused-ring (bicyclic) bond motifs is 1. The highest BCUT2D eigenvalue weighted by molar-refractivity contribution is 9.11. The highest BCUT2D eigenvalue weighted by Gasteiger charge is 2.32. The van der Waals surface area contributed by atoms with Crippen LogP contribution in [0.4, 0.5) is 0 Å². The van der Waals surface area contributed by atoms with Gasteiger partial charge in [-0.15, -0.1) is 0 Å². The van der Waals surface area contributed by atoms with Crippen molar-refractivity contribution in [1.29, 1.82) is 0 Å². The van der Waals surface area contributed by atoms with Crippen LogP contribution in [0.15, 0.2) is 45.3 Å². The molecule has 0 N–H and O–H groups in total. The van der Waals surface area contributed by atoms with E-state index in [0.717, 1.165) is 21.3 Å². The van der Waals surface area contributed by atoms with Gasteiger partial charge in [-0.2, -0.15) is 0 Å². The van der Waals surface area contributed by atoms with E-state index in [1.807, 2.05) is 6.07 Å². The normalized spacial score (nSPS) is 17.2. The lowest BCUT2D eigenvalue weighted by Gasteiger charge is -2.18. The first kappa shape index (κ1) is 15.6. The van der Waals surface area contributed by atoms with Gasteiger partial charge in [-0.1, -0.05) is 67.7 Å². The molecule has 0 spiro atoms. The Balaban J connectivity index is 2.03. The Morgan fingerprint density at radius 3 is 2.62 bits per heavy atom. The molecule has 0 amide bonds. The zero-order valence-electron chi connectivity index (χ0n) is 11.8. The molecular formula is C17H15Br3O. The number of benzene rings is 2. The maximum Gasteiger partial charge on any atom is 0.123 e. The smallest absolute Gasteiger partial charge is 0.123 e. The second-order valence-electron chi connectivity index (χ2n) is 5.96. The van der Waals surface area contributed by atoms with Gasteiger partial charge in [0, 0.05) is 19.9 Å². The van der Waals surface area contributed by atoms with Gasteiger partial charge in [0.05, 0.1) is 11.4 Å². The second kappa shape index (κ2) is 5.71. The maximum atomic E-state index is 5.76. The fraction of sp³-hybridized carbons (Fsp3) is 0.294. The van der Waals surface area contributed by atoms with Crippen molar-refractivity contribution in [3.8, 4) is 5.75 Å². The van der Waals surface area contributed by atoms with Crippen LogP contribution in [-0.2, 0) is 5.41 Å². The molecule has 1 nitrogen and oxygen atoms in total. The molecule has 2 aromatic carbocycles. The van der Waals surface area contributed by atoms with Crippen LogP contribution in [0.25, 0.3) is 0 Å². The number of ether oxygens (including phenoxy) is 1. The first-order chi connectivity index (χ1) is 9.88. The molecule has 1 aliphatic heterocycles. The van der Waals surface area contributed by atoms with Gasteiger partial charge < -0.3 is 4.74 Å². The molecule has 0 bridgehead atoms. The standard InChI is InChI=1S/C17H15Br3O/c1-17(2)9-21-15-6-3-10(7-13(15)17)16(20)12-8-11(18)4-5-14(12)19/h3-8,16H,9H2,1-2H3. The number of halogens is 3. The Kier molecular flexibility index (Phi) is 4.23. The Labute approximate surface area is 150 Å². The minimum Gasteiger partial charge on any atom is -0.492 e. The molecule has 3 rings (SSSR count). The van der Waals surface area contributed by atoms with Gasteiger partial charge in [0.1, 0.15) is 5.75 Å². The zero-order valence-corrected chi connectivity index (χ0v) is 16.5. The van der Waals surface area contributed by atoms with E-state index in [1.165, 1.54) is 16.7 Å². The van der Waals surface area contributed by atoms with E-state index < -0.39 is 0 Å². The molecule has 0 fully saturated rings. The van der Waals surface area contributed by atoms with Crippen LogP contribution >= 0.6 is 47.8 Å². The van der Waals surface area contributed by atoms with Crippen molar-refractivity contribution in [2.75, 3.05) is 6.61 Å². The van der Waals surface area contributed by atoms with Gasteiger partial charge in [0.2, 0.25) is 0 Å². The topological polar surface area (TPSA) is 9.23 Å². The van der Waals surface area contributed by atoms with Crippen LogP contribution in [0.5, 0.6) is 5.75 Å². The minimum atomic E-state index is 0.0760. The van der Waals surface area contributed by atoms with Gasteiger partial charge in [-0.3, -0.25) is 0 Å². The van der Waals surface area contributed by atoms with Crippen molar-refractivity contribution in [2.24, 2.45) is 0 Å². The summed E-state index contributed by atoms with van der Waals surface area (Å²) in [5, 5.41) is 0. The maximum absolute atomic E-state index is 5.76. The van der Waals surface area contributed by atoms with Crippen LogP contribution < -0.4 is 4.74 Å². The van der Waals surface area contributed by atoms with Crippen LogP contribution in [0.3, 0.4) is 0 Å². The summed E-state index contributed by atoms with van der Waals surface area (Å²) in [5.74, 6) is 1.01. The Morgan fingerprint density at radius 2 is 1.86 bits per heavy atom. The first-order valence-corrected chi connectivity index (χ1v) is 9.25. The van der Waals surface area contributed by atoms with Gasteiger partial charge in [0.15, 0.2) is 0 Å². The van der Waals surface area contributed by atoms with Gasteiger partial charge in [-0.05, 0) is 41.5 Å². The summed E-state index contributed by atoms with van der Waals surface area (Å²) in [6.07, 6.45) is 0. The lowest BCUT2D eigenvalue weighted by atomic mass is 9.85. The molecule has 4 heteroatoms. The van der Waals surface area contributed by atoms with Crippen molar-refractivity contribution in [3.05, 3.63) is 62.0 Å². The third kappa shape index (κ3) is 2.95. The monoisotopic (exact) mass is 472 g/mol. The van der Waals surface area contributed by atoms with E-state index >= 15 is 0 Å². The molecule has 0 radical (unpaired) electrons. The van der Waals surface area contributed by atoms with E-state index in [4.69, 9.17) is 4.74 Å². The zero-order chi connectivity index (χ0) is 15.2. The van der Waals surface area contributed by atoms with Crippen LogP contribution in [0.1, 0.15) is 35.4 Å². The second-order valence-corrected chi connectivity index (χ2v) is 8.64. The largest absolute Gasteiger partial charge is 0.492 e. The van der Waals surface area contributed by atoms with Crippen molar-refractivity contribution >= 4 is 47.8 Å².